The molecule has 5 heteroatoms. The van der Waals surface area contributed by atoms with Crippen molar-refractivity contribution in [2.75, 3.05) is 15.1 Å². The third-order valence-electron chi connectivity index (χ3n) is 28.2. The molecule has 3 nitrogen and oxygen atoms in total. The molecule has 0 bridgehead atoms. The van der Waals surface area contributed by atoms with Crippen LogP contribution >= 0.6 is 31.9 Å². The maximum Gasteiger partial charge on any atom is 0.0620 e. The smallest absolute Gasteiger partial charge is 0.0620 e. The molecule has 0 aromatic heterocycles. The van der Waals surface area contributed by atoms with E-state index in [2.05, 4.69) is 600 Å². The van der Waals surface area contributed by atoms with Gasteiger partial charge in [-0.15, -0.1) is 0 Å². The van der Waals surface area contributed by atoms with Crippen molar-refractivity contribution in [1.82, 2.24) is 0 Å². The zero-order valence-corrected chi connectivity index (χ0v) is 95.2. The maximum atomic E-state index is 3.88. The minimum atomic E-state index is -0.133. The number of nitrogens with one attached hydrogen (secondary N) is 1. The molecule has 16 aromatic rings. The van der Waals surface area contributed by atoms with Crippen LogP contribution < -0.4 is 15.1 Å². The van der Waals surface area contributed by atoms with Crippen molar-refractivity contribution in [3.05, 3.63) is 379 Å². The van der Waals surface area contributed by atoms with Crippen molar-refractivity contribution in [3.63, 3.8) is 0 Å². The number of rotatable bonds is 12. The molecule has 0 heterocycles. The zero-order chi connectivity index (χ0) is 103. The Morgan fingerprint density at radius 1 is 0.156 bits per heavy atom. The summed E-state index contributed by atoms with van der Waals surface area (Å²) in [6, 6.07) is 115. The number of nitrogens with zero attached hydrogens (tertiary/aromatic N) is 2. The topological polar surface area (TPSA) is 18.5 Å². The van der Waals surface area contributed by atoms with Gasteiger partial charge in [0, 0.05) is 64.6 Å². The molecule has 0 aliphatic heterocycles. The van der Waals surface area contributed by atoms with Gasteiger partial charge in [-0.2, -0.15) is 0 Å². The van der Waals surface area contributed by atoms with Gasteiger partial charge < -0.3 is 15.1 Å². The number of anilines is 8. The van der Waals surface area contributed by atoms with Crippen LogP contribution in [-0.2, 0) is 65.0 Å². The van der Waals surface area contributed by atoms with Crippen LogP contribution in [0.4, 0.5) is 45.5 Å². The van der Waals surface area contributed by atoms with E-state index in [4.69, 9.17) is 0 Å². The summed E-state index contributed by atoms with van der Waals surface area (Å²) in [6.45, 7) is 84.3. The minimum Gasteiger partial charge on any atom is -0.355 e. The predicted octanol–water partition coefficient (Wildman–Crippen LogP) is 42.1. The summed E-state index contributed by atoms with van der Waals surface area (Å²) in [6.07, 6.45) is 0. The highest BCUT2D eigenvalue weighted by molar-refractivity contribution is 9.11. The molecule has 1 N–H and O–H groups in total. The summed E-state index contributed by atoms with van der Waals surface area (Å²) in [5.74, 6) is 0. The summed E-state index contributed by atoms with van der Waals surface area (Å²) in [4.78, 5) is 5.36. The fourth-order valence-electron chi connectivity index (χ4n) is 18.6. The van der Waals surface area contributed by atoms with Crippen LogP contribution in [0.15, 0.2) is 312 Å². The molecule has 16 aromatic carbocycles. The van der Waals surface area contributed by atoms with Crippen molar-refractivity contribution in [3.8, 4) is 44.5 Å². The Labute approximate surface area is 866 Å². The highest BCUT2D eigenvalue weighted by Crippen LogP contribution is 2.57. The molecule has 0 spiro atoms. The maximum absolute atomic E-state index is 3.88. The molecule has 0 atom stereocenters. The van der Waals surface area contributed by atoms with Gasteiger partial charge in [0.1, 0.15) is 0 Å². The van der Waals surface area contributed by atoms with Gasteiger partial charge in [-0.05, 0) is 327 Å². The Morgan fingerprint density at radius 3 is 0.496 bits per heavy atom. The van der Waals surface area contributed by atoms with Crippen molar-refractivity contribution in [1.29, 1.82) is 0 Å². The SMILES string of the molecule is Brc1c2ccc(-c3ccccc3)cc2c(Br)c2ccc(-c3ccccc3)cc12.CC(C)(C)c1cc(N(c2cc(C(C)(C)C)cc(C(C)(C)C)c2)c2c3ccc(-c4ccccc4)cc3c(N(c3cc(C(C)(C)C)cc(C(C)(C)C)c3)c3cc(C(C)(C)C)cc(C(C)(C)C)c3)c3ccc(-c4ccccc4)cc23)cc(C(C)(C)C)c1.CC(C)(C)c1cc(Nc2cc(C(C)(C)C)cc(C(C)(C)C)c2)cc(C(C)(C)C)c1. The lowest BCUT2D eigenvalue weighted by Crippen LogP contribution is -2.22. The van der Waals surface area contributed by atoms with E-state index in [1.807, 2.05) is 0 Å². The van der Waals surface area contributed by atoms with Crippen LogP contribution in [0.5, 0.6) is 0 Å². The molecular formula is C136H159Br2N3. The third-order valence-corrected chi connectivity index (χ3v) is 29.9. The molecule has 141 heavy (non-hydrogen) atoms. The Balaban J connectivity index is 0.000000222. The van der Waals surface area contributed by atoms with Crippen molar-refractivity contribution >= 4 is 120 Å². The van der Waals surface area contributed by atoms with Gasteiger partial charge in [-0.1, -0.05) is 456 Å². The highest BCUT2D eigenvalue weighted by atomic mass is 79.9. The number of hydrogen-bond acceptors (Lipinski definition) is 3. The van der Waals surface area contributed by atoms with E-state index in [1.165, 1.54) is 166 Å². The highest BCUT2D eigenvalue weighted by Gasteiger charge is 2.36. The molecule has 0 amide bonds. The first-order valence-corrected chi connectivity index (χ1v) is 52.8. The van der Waals surface area contributed by atoms with E-state index >= 15 is 0 Å². The molecule has 732 valence electrons. The van der Waals surface area contributed by atoms with E-state index in [-0.39, 0.29) is 65.0 Å². The lowest BCUT2D eigenvalue weighted by atomic mass is 9.79. The Bertz CT molecular complexity index is 6480. The van der Waals surface area contributed by atoms with Crippen LogP contribution in [0.3, 0.4) is 0 Å². The Morgan fingerprint density at radius 2 is 0.319 bits per heavy atom. The number of halogens is 2. The molecular weight excluding hydrogens is 1840 g/mol. The second-order valence-electron chi connectivity index (χ2n) is 52.3. The van der Waals surface area contributed by atoms with E-state index in [1.54, 1.807) is 0 Å². The Kier molecular flexibility index (Phi) is 29.4. The molecule has 16 rings (SSSR count). The summed E-state index contributed by atoms with van der Waals surface area (Å²) < 4.78 is 2.27. The van der Waals surface area contributed by atoms with Gasteiger partial charge in [-0.25, -0.2) is 0 Å². The second-order valence-corrected chi connectivity index (χ2v) is 53.9. The average Bonchev–Trinajstić information content (AvgIpc) is 0.708. The first kappa shape index (κ1) is 106. The first-order chi connectivity index (χ1) is 65.3. The monoisotopic (exact) mass is 1990 g/mol. The number of fused-ring (bicyclic) bond motifs is 4. The molecule has 0 saturated heterocycles. The fourth-order valence-corrected chi connectivity index (χ4v) is 19.9. The number of hydrogen-bond donors (Lipinski definition) is 1. The summed E-state index contributed by atoms with van der Waals surface area (Å²) in [5, 5.41) is 13.3. The van der Waals surface area contributed by atoms with E-state index < -0.39 is 0 Å². The average molecular weight is 2000 g/mol. The largest absolute Gasteiger partial charge is 0.355 e. The lowest BCUT2D eigenvalue weighted by molar-refractivity contribution is 0.567. The first-order valence-electron chi connectivity index (χ1n) is 51.2. The molecule has 0 unspecified atom stereocenters. The third kappa shape index (κ3) is 24.2. The molecule has 0 fully saturated rings. The van der Waals surface area contributed by atoms with Crippen LogP contribution in [0.25, 0.3) is 87.6 Å². The molecule has 0 aliphatic rings. The molecule has 0 aliphatic carbocycles. The van der Waals surface area contributed by atoms with Gasteiger partial charge in [0.15, 0.2) is 0 Å². The van der Waals surface area contributed by atoms with Crippen LogP contribution in [0.2, 0.25) is 0 Å². The van der Waals surface area contributed by atoms with Gasteiger partial charge >= 0.3 is 0 Å². The van der Waals surface area contributed by atoms with Gasteiger partial charge in [0.2, 0.25) is 0 Å². The zero-order valence-electron chi connectivity index (χ0n) is 92.0. The van der Waals surface area contributed by atoms with E-state index in [0.29, 0.717) is 0 Å². The van der Waals surface area contributed by atoms with Gasteiger partial charge in [0.05, 0.1) is 11.4 Å². The quantitative estimate of drug-likeness (QED) is 0.0971. The lowest BCUT2D eigenvalue weighted by Gasteiger charge is -2.37. The summed E-state index contributed by atoms with van der Waals surface area (Å²) >= 11 is 7.77. The van der Waals surface area contributed by atoms with Crippen LogP contribution in [0, 0.1) is 0 Å². The van der Waals surface area contributed by atoms with Crippen LogP contribution in [0.1, 0.15) is 316 Å². The normalized spacial score (nSPS) is 12.9. The summed E-state index contributed by atoms with van der Waals surface area (Å²) in [5.41, 5.74) is 34.3. The van der Waals surface area contributed by atoms with Gasteiger partial charge in [-0.3, -0.25) is 0 Å². The Hall–Kier alpha value is -11.1. The number of benzene rings is 16. The second kappa shape index (κ2) is 39.2. The van der Waals surface area contributed by atoms with Gasteiger partial charge in [0.25, 0.3) is 0 Å². The predicted molar refractivity (Wildman–Crippen MR) is 630 cm³/mol. The molecule has 0 saturated carbocycles. The van der Waals surface area contributed by atoms with Crippen LogP contribution in [-0.4, -0.2) is 0 Å². The molecule has 0 radical (unpaired) electrons. The van der Waals surface area contributed by atoms with E-state index in [0.717, 1.165) is 43.1 Å². The van der Waals surface area contributed by atoms with Crippen molar-refractivity contribution < 1.29 is 0 Å². The minimum absolute atomic E-state index is 0.113. The van der Waals surface area contributed by atoms with Crippen molar-refractivity contribution in [2.24, 2.45) is 0 Å². The summed E-state index contributed by atoms with van der Waals surface area (Å²) in [7, 11) is 0. The fraction of sp³-hybridized carbons (Fsp3) is 0.353. The standard InChI is InChI=1S/C82H100N2.C28H43N.C26H16Br2/c1-75(2,3)57-41-58(76(4,5)6)46-65(45-57)83(66-47-59(77(7,8)9)42-60(48-66)78(10,11)12)73-69-37-35-56(54-33-29-26-30-34-54)40-72(69)74(70-38-36-55(39-71(70)73)53-31-27-25-28-32-53)84(67-49-61(79(13,14)15)43-62(50-67)80(16,17)18)68-51-63(81(19,20)21)44-64(52-68)82(22,23)24;1-25(2,3)19-13-20(26(4,5)6)16-23(15-19)29-24-17-21(27(7,8)9)14-22(18-24)28(10,11)12;27-25-22-14-12-20(18-9-5-2-6-10-18)16-24(22)26(28)21-13-11-19(15-23(21)25)17-7-3-1-4-8-17/h25-52H,1-24H3;13-18,29H,1-12H3;1-16H. The van der Waals surface area contributed by atoms with Crippen molar-refractivity contribution in [2.45, 2.75) is 314 Å². The van der Waals surface area contributed by atoms with E-state index in [9.17, 15) is 0 Å².